The minimum atomic E-state index is -0.745. The summed E-state index contributed by atoms with van der Waals surface area (Å²) in [7, 11) is 1.91. The molecule has 0 aliphatic heterocycles. The van der Waals surface area contributed by atoms with Crippen LogP contribution in [-0.2, 0) is 12.6 Å². The van der Waals surface area contributed by atoms with E-state index in [1.165, 1.54) is 0 Å². The first-order valence-electron chi connectivity index (χ1n) is 13.9. The van der Waals surface area contributed by atoms with Crippen LogP contribution in [0, 0.1) is 0 Å². The second-order valence-electron chi connectivity index (χ2n) is 10.2. The predicted molar refractivity (Wildman–Crippen MR) is 165 cm³/mol. The summed E-state index contributed by atoms with van der Waals surface area (Å²) in [5.41, 5.74) is 7.94. The van der Waals surface area contributed by atoms with Crippen molar-refractivity contribution in [3.05, 3.63) is 169 Å². The lowest BCUT2D eigenvalue weighted by atomic mass is 9.77. The van der Waals surface area contributed by atoms with E-state index in [0.29, 0.717) is 0 Å². The fourth-order valence-corrected chi connectivity index (χ4v) is 5.69. The molecule has 0 saturated heterocycles. The zero-order chi connectivity index (χ0) is 28.4. The number of benzene rings is 3. The highest BCUT2D eigenvalue weighted by Crippen LogP contribution is 2.43. The first-order chi connectivity index (χ1) is 20.7. The van der Waals surface area contributed by atoms with Crippen molar-refractivity contribution in [3.63, 3.8) is 0 Å². The molecule has 42 heavy (non-hydrogen) atoms. The van der Waals surface area contributed by atoms with Crippen molar-refractivity contribution in [3.8, 4) is 33.8 Å². The molecule has 4 heterocycles. The van der Waals surface area contributed by atoms with Gasteiger partial charge >= 0.3 is 0 Å². The number of aryl methyl sites for hydroxylation is 1. The Morgan fingerprint density at radius 3 is 1.71 bits per heavy atom. The fraction of sp³-hybridized carbons (Fsp3) is 0.0556. The first kappa shape index (κ1) is 25.4. The monoisotopic (exact) mass is 544 g/mol. The Morgan fingerprint density at radius 1 is 0.571 bits per heavy atom. The highest BCUT2D eigenvalue weighted by Gasteiger charge is 2.40. The van der Waals surface area contributed by atoms with Gasteiger partial charge in [-0.1, -0.05) is 97.1 Å². The normalized spacial score (nSPS) is 11.5. The summed E-state index contributed by atoms with van der Waals surface area (Å²) in [4.78, 5) is 9.38. The Balaban J connectivity index is 1.54. The van der Waals surface area contributed by atoms with Gasteiger partial charge in [-0.15, -0.1) is 0 Å². The standard InChI is InChI=1S/C36H28N6/c1-41-25-28(24-39-41)34-23-27(20-22-38-34)32-26-42(40-35(32)33-19-11-12-21-37-33)36(29-13-5-2-6-14-29,30-15-7-3-8-16-30)31-17-9-4-10-18-31/h2-26H,1H3. The van der Waals surface area contributed by atoms with E-state index in [9.17, 15) is 0 Å². The molecule has 3 aromatic carbocycles. The molecule has 6 nitrogen and oxygen atoms in total. The molecule has 202 valence electrons. The lowest BCUT2D eigenvalue weighted by molar-refractivity contribution is 0.461. The average molecular weight is 545 g/mol. The van der Waals surface area contributed by atoms with Crippen molar-refractivity contribution < 1.29 is 0 Å². The molecular weight excluding hydrogens is 516 g/mol. The topological polar surface area (TPSA) is 61.4 Å². The molecule has 7 rings (SSSR count). The molecule has 0 atom stereocenters. The van der Waals surface area contributed by atoms with Gasteiger partial charge < -0.3 is 0 Å². The van der Waals surface area contributed by atoms with Crippen molar-refractivity contribution in [2.45, 2.75) is 5.54 Å². The van der Waals surface area contributed by atoms with Crippen LogP contribution in [0.25, 0.3) is 33.8 Å². The predicted octanol–water partition coefficient (Wildman–Crippen LogP) is 7.25. The van der Waals surface area contributed by atoms with Crippen LogP contribution < -0.4 is 0 Å². The number of nitrogens with zero attached hydrogens (tertiary/aromatic N) is 6. The molecule has 0 bridgehead atoms. The Hall–Kier alpha value is -5.62. The summed E-state index contributed by atoms with van der Waals surface area (Å²) in [5, 5.41) is 9.73. The van der Waals surface area contributed by atoms with Crippen LogP contribution in [0.4, 0.5) is 0 Å². The molecule has 0 aliphatic rings. The molecule has 0 amide bonds. The molecule has 6 heteroatoms. The second-order valence-corrected chi connectivity index (χ2v) is 10.2. The van der Waals surface area contributed by atoms with Gasteiger partial charge in [0.05, 0.1) is 17.6 Å². The van der Waals surface area contributed by atoms with Crippen LogP contribution in [0.1, 0.15) is 16.7 Å². The molecule has 4 aromatic heterocycles. The molecule has 0 aliphatic carbocycles. The largest absolute Gasteiger partial charge is 0.275 e. The smallest absolute Gasteiger partial charge is 0.138 e. The van der Waals surface area contributed by atoms with Crippen molar-refractivity contribution in [1.82, 2.24) is 29.5 Å². The average Bonchev–Trinajstić information content (AvgIpc) is 3.71. The van der Waals surface area contributed by atoms with E-state index in [-0.39, 0.29) is 0 Å². The number of hydrogen-bond acceptors (Lipinski definition) is 4. The quantitative estimate of drug-likeness (QED) is 0.198. The second kappa shape index (κ2) is 10.7. The van der Waals surface area contributed by atoms with Gasteiger partial charge in [-0.3, -0.25) is 19.3 Å². The highest BCUT2D eigenvalue weighted by atomic mass is 15.3. The minimum Gasteiger partial charge on any atom is -0.275 e. The fourth-order valence-electron chi connectivity index (χ4n) is 5.69. The van der Waals surface area contributed by atoms with Gasteiger partial charge in [-0.2, -0.15) is 10.2 Å². The zero-order valence-electron chi connectivity index (χ0n) is 23.1. The van der Waals surface area contributed by atoms with E-state index >= 15 is 0 Å². The van der Waals surface area contributed by atoms with Crippen LogP contribution in [0.15, 0.2) is 152 Å². The van der Waals surface area contributed by atoms with Gasteiger partial charge in [0.15, 0.2) is 0 Å². The van der Waals surface area contributed by atoms with Crippen molar-refractivity contribution in [2.24, 2.45) is 7.05 Å². The van der Waals surface area contributed by atoms with Crippen LogP contribution >= 0.6 is 0 Å². The summed E-state index contributed by atoms with van der Waals surface area (Å²) in [6, 6.07) is 41.8. The van der Waals surface area contributed by atoms with Gasteiger partial charge in [0.25, 0.3) is 0 Å². The lowest BCUT2D eigenvalue weighted by Crippen LogP contribution is -2.38. The minimum absolute atomic E-state index is 0.745. The lowest BCUT2D eigenvalue weighted by Gasteiger charge is -2.36. The van der Waals surface area contributed by atoms with Gasteiger partial charge in [0, 0.05) is 43.0 Å². The van der Waals surface area contributed by atoms with Gasteiger partial charge in [-0.25, -0.2) is 0 Å². The molecular formula is C36H28N6. The number of pyridine rings is 2. The molecule has 0 unspecified atom stereocenters. The maximum Gasteiger partial charge on any atom is 0.138 e. The van der Waals surface area contributed by atoms with Crippen molar-refractivity contribution >= 4 is 0 Å². The molecule has 0 radical (unpaired) electrons. The third kappa shape index (κ3) is 4.39. The molecule has 0 fully saturated rings. The SMILES string of the molecule is Cn1cc(-c2cc(-c3cn(C(c4ccccc4)(c4ccccc4)c4ccccc4)nc3-c3ccccn3)ccn2)cn1. The van der Waals surface area contributed by atoms with E-state index in [1.807, 2.05) is 56.1 Å². The summed E-state index contributed by atoms with van der Waals surface area (Å²) < 4.78 is 3.89. The number of rotatable bonds is 7. The number of hydrogen-bond donors (Lipinski definition) is 0. The van der Waals surface area contributed by atoms with Gasteiger partial charge in [0.1, 0.15) is 11.2 Å². The van der Waals surface area contributed by atoms with E-state index in [2.05, 4.69) is 118 Å². The molecule has 0 spiro atoms. The number of aromatic nitrogens is 6. The van der Waals surface area contributed by atoms with E-state index in [0.717, 1.165) is 50.5 Å². The van der Waals surface area contributed by atoms with E-state index in [1.54, 1.807) is 4.68 Å². The van der Waals surface area contributed by atoms with E-state index < -0.39 is 5.54 Å². The van der Waals surface area contributed by atoms with Crippen molar-refractivity contribution in [1.29, 1.82) is 0 Å². The van der Waals surface area contributed by atoms with Crippen molar-refractivity contribution in [2.75, 3.05) is 0 Å². The Morgan fingerprint density at radius 2 is 1.17 bits per heavy atom. The Labute approximate surface area is 244 Å². The van der Waals surface area contributed by atoms with Crippen LogP contribution in [0.5, 0.6) is 0 Å². The molecule has 0 saturated carbocycles. The van der Waals surface area contributed by atoms with Gasteiger partial charge in [0.2, 0.25) is 0 Å². The summed E-state index contributed by atoms with van der Waals surface area (Å²) in [6.45, 7) is 0. The molecule has 7 aromatic rings. The van der Waals surface area contributed by atoms with Crippen LogP contribution in [0.3, 0.4) is 0 Å². The third-order valence-electron chi connectivity index (χ3n) is 7.61. The third-order valence-corrected chi connectivity index (χ3v) is 7.61. The maximum atomic E-state index is 5.38. The maximum absolute atomic E-state index is 5.38. The molecule has 0 N–H and O–H groups in total. The van der Waals surface area contributed by atoms with E-state index in [4.69, 9.17) is 10.1 Å². The van der Waals surface area contributed by atoms with Crippen LogP contribution in [-0.4, -0.2) is 29.5 Å². The summed E-state index contributed by atoms with van der Waals surface area (Å²) in [6.07, 6.45) is 9.61. The Kier molecular flexibility index (Phi) is 6.49. The zero-order valence-corrected chi connectivity index (χ0v) is 23.1. The first-order valence-corrected chi connectivity index (χ1v) is 13.9. The summed E-state index contributed by atoms with van der Waals surface area (Å²) in [5.74, 6) is 0. The summed E-state index contributed by atoms with van der Waals surface area (Å²) >= 11 is 0. The highest BCUT2D eigenvalue weighted by molar-refractivity contribution is 5.81. The van der Waals surface area contributed by atoms with Gasteiger partial charge in [-0.05, 0) is 46.5 Å². The van der Waals surface area contributed by atoms with Crippen LogP contribution in [0.2, 0.25) is 0 Å². The Bertz CT molecular complexity index is 1830.